The van der Waals surface area contributed by atoms with E-state index in [1.165, 1.54) is 0 Å². The fraction of sp³-hybridized carbons (Fsp3) is 0.235. The lowest BCUT2D eigenvalue weighted by atomic mass is 10.1. The van der Waals surface area contributed by atoms with Crippen molar-refractivity contribution in [2.24, 2.45) is 0 Å². The Morgan fingerprint density at radius 2 is 2.05 bits per heavy atom. The SMILES string of the molecule is Cc1ccc(Br)c(C(=O)N2CCCOc3ccccc32)c1. The van der Waals surface area contributed by atoms with Crippen LogP contribution in [0.1, 0.15) is 22.3 Å². The number of carbonyl (C=O) groups is 1. The zero-order valence-corrected chi connectivity index (χ0v) is 13.4. The van der Waals surface area contributed by atoms with Crippen molar-refractivity contribution >= 4 is 27.5 Å². The maximum atomic E-state index is 12.9. The summed E-state index contributed by atoms with van der Waals surface area (Å²) >= 11 is 3.48. The van der Waals surface area contributed by atoms with Crippen LogP contribution < -0.4 is 9.64 Å². The van der Waals surface area contributed by atoms with Gasteiger partial charge in [0.05, 0.1) is 17.9 Å². The molecule has 0 aromatic heterocycles. The lowest BCUT2D eigenvalue weighted by Gasteiger charge is -2.22. The number of ether oxygens (including phenoxy) is 1. The highest BCUT2D eigenvalue weighted by Gasteiger charge is 2.24. The number of rotatable bonds is 1. The zero-order chi connectivity index (χ0) is 14.8. The number of carbonyl (C=O) groups excluding carboxylic acids is 1. The largest absolute Gasteiger partial charge is 0.491 e. The molecule has 1 amide bonds. The van der Waals surface area contributed by atoms with Gasteiger partial charge in [-0.3, -0.25) is 4.79 Å². The molecule has 0 saturated heterocycles. The molecule has 2 aromatic carbocycles. The van der Waals surface area contributed by atoms with Crippen molar-refractivity contribution in [1.82, 2.24) is 0 Å². The lowest BCUT2D eigenvalue weighted by Crippen LogP contribution is -2.31. The van der Waals surface area contributed by atoms with Gasteiger partial charge in [0.1, 0.15) is 5.75 Å². The van der Waals surface area contributed by atoms with Crippen molar-refractivity contribution in [3.63, 3.8) is 0 Å². The Labute approximate surface area is 132 Å². The van der Waals surface area contributed by atoms with Gasteiger partial charge in [0.2, 0.25) is 0 Å². The molecular weight excluding hydrogens is 330 g/mol. The molecule has 3 nitrogen and oxygen atoms in total. The third-order valence-electron chi connectivity index (χ3n) is 3.54. The Balaban J connectivity index is 2.03. The Kier molecular flexibility index (Phi) is 3.97. The second kappa shape index (κ2) is 5.90. The molecule has 1 heterocycles. The van der Waals surface area contributed by atoms with Crippen molar-refractivity contribution in [2.45, 2.75) is 13.3 Å². The Morgan fingerprint density at radius 1 is 1.24 bits per heavy atom. The first-order valence-corrected chi connectivity index (χ1v) is 7.76. The van der Waals surface area contributed by atoms with Gasteiger partial charge in [-0.25, -0.2) is 0 Å². The number of aryl methyl sites for hydroxylation is 1. The number of fused-ring (bicyclic) bond motifs is 1. The third-order valence-corrected chi connectivity index (χ3v) is 4.23. The maximum absolute atomic E-state index is 12.9. The molecule has 4 heteroatoms. The number of amides is 1. The second-order valence-corrected chi connectivity index (χ2v) is 5.96. The van der Waals surface area contributed by atoms with E-state index in [-0.39, 0.29) is 5.91 Å². The number of nitrogens with zero attached hydrogens (tertiary/aromatic N) is 1. The van der Waals surface area contributed by atoms with Crippen molar-refractivity contribution in [3.05, 3.63) is 58.1 Å². The minimum atomic E-state index is 0.00326. The first-order valence-electron chi connectivity index (χ1n) is 6.96. The van der Waals surface area contributed by atoms with Crippen LogP contribution in [-0.4, -0.2) is 19.1 Å². The molecule has 3 rings (SSSR count). The van der Waals surface area contributed by atoms with Crippen LogP contribution in [0.5, 0.6) is 5.75 Å². The summed E-state index contributed by atoms with van der Waals surface area (Å²) in [6.45, 7) is 3.29. The molecule has 0 aliphatic carbocycles. The van der Waals surface area contributed by atoms with Crippen LogP contribution in [0.2, 0.25) is 0 Å². The van der Waals surface area contributed by atoms with Crippen LogP contribution in [0.3, 0.4) is 0 Å². The molecule has 0 N–H and O–H groups in total. The van der Waals surface area contributed by atoms with E-state index >= 15 is 0 Å². The van der Waals surface area contributed by atoms with Gasteiger partial charge in [0.15, 0.2) is 0 Å². The van der Waals surface area contributed by atoms with E-state index in [9.17, 15) is 4.79 Å². The predicted octanol–water partition coefficient (Wildman–Crippen LogP) is 4.19. The number of para-hydroxylation sites is 2. The van der Waals surface area contributed by atoms with Gasteiger partial charge >= 0.3 is 0 Å². The standard InChI is InChI=1S/C17H16BrNO2/c1-12-7-8-14(18)13(11-12)17(20)19-9-4-10-21-16-6-3-2-5-15(16)19/h2-3,5-8,11H,4,9-10H2,1H3. The van der Waals surface area contributed by atoms with Gasteiger partial charge in [-0.1, -0.05) is 23.8 Å². The minimum absolute atomic E-state index is 0.00326. The number of anilines is 1. The normalized spacial score (nSPS) is 14.1. The van der Waals surface area contributed by atoms with Crippen molar-refractivity contribution in [3.8, 4) is 5.75 Å². The predicted molar refractivity (Wildman–Crippen MR) is 87.1 cm³/mol. The molecule has 21 heavy (non-hydrogen) atoms. The van der Waals surface area contributed by atoms with Crippen LogP contribution in [-0.2, 0) is 0 Å². The fourth-order valence-electron chi connectivity index (χ4n) is 2.49. The second-order valence-electron chi connectivity index (χ2n) is 5.11. The number of hydrogen-bond donors (Lipinski definition) is 0. The number of benzene rings is 2. The quantitative estimate of drug-likeness (QED) is 0.775. The maximum Gasteiger partial charge on any atom is 0.259 e. The van der Waals surface area contributed by atoms with Crippen LogP contribution >= 0.6 is 15.9 Å². The molecule has 1 aliphatic rings. The molecule has 0 bridgehead atoms. The summed E-state index contributed by atoms with van der Waals surface area (Å²) in [5, 5.41) is 0. The molecule has 0 atom stereocenters. The van der Waals surface area contributed by atoms with E-state index in [2.05, 4.69) is 15.9 Å². The molecule has 0 radical (unpaired) electrons. The van der Waals surface area contributed by atoms with E-state index in [0.717, 1.165) is 27.9 Å². The highest BCUT2D eigenvalue weighted by molar-refractivity contribution is 9.10. The average Bonchev–Trinajstić information content (AvgIpc) is 2.71. The summed E-state index contributed by atoms with van der Waals surface area (Å²) in [5.74, 6) is 0.774. The summed E-state index contributed by atoms with van der Waals surface area (Å²) in [7, 11) is 0. The van der Waals surface area contributed by atoms with Gasteiger partial charge in [-0.05, 0) is 53.5 Å². The van der Waals surface area contributed by atoms with Crippen LogP contribution in [0, 0.1) is 6.92 Å². The summed E-state index contributed by atoms with van der Waals surface area (Å²) in [5.41, 5.74) is 2.60. The number of halogens is 1. The van der Waals surface area contributed by atoms with Crippen molar-refractivity contribution < 1.29 is 9.53 Å². The van der Waals surface area contributed by atoms with Crippen LogP contribution in [0.25, 0.3) is 0 Å². The Hall–Kier alpha value is -1.81. The van der Waals surface area contributed by atoms with E-state index in [1.807, 2.05) is 54.3 Å². The van der Waals surface area contributed by atoms with Crippen LogP contribution in [0.15, 0.2) is 46.9 Å². The first kappa shape index (κ1) is 14.1. The monoisotopic (exact) mass is 345 g/mol. The summed E-state index contributed by atoms with van der Waals surface area (Å²) in [4.78, 5) is 14.7. The smallest absolute Gasteiger partial charge is 0.259 e. The summed E-state index contributed by atoms with van der Waals surface area (Å²) in [6, 6.07) is 13.5. The average molecular weight is 346 g/mol. The molecule has 0 fully saturated rings. The van der Waals surface area contributed by atoms with E-state index in [4.69, 9.17) is 4.74 Å². The molecule has 108 valence electrons. The first-order chi connectivity index (χ1) is 10.2. The zero-order valence-electron chi connectivity index (χ0n) is 11.8. The van der Waals surface area contributed by atoms with Crippen LogP contribution in [0.4, 0.5) is 5.69 Å². The molecule has 0 saturated carbocycles. The lowest BCUT2D eigenvalue weighted by molar-refractivity contribution is 0.0986. The summed E-state index contributed by atoms with van der Waals surface area (Å²) in [6.07, 6.45) is 0.823. The topological polar surface area (TPSA) is 29.5 Å². The number of hydrogen-bond acceptors (Lipinski definition) is 2. The molecule has 0 unspecified atom stereocenters. The molecule has 2 aromatic rings. The van der Waals surface area contributed by atoms with Gasteiger partial charge < -0.3 is 9.64 Å². The molecular formula is C17H16BrNO2. The van der Waals surface area contributed by atoms with Gasteiger partial charge in [-0.15, -0.1) is 0 Å². The highest BCUT2D eigenvalue weighted by atomic mass is 79.9. The molecule has 1 aliphatic heterocycles. The van der Waals surface area contributed by atoms with Gasteiger partial charge in [0.25, 0.3) is 5.91 Å². The Morgan fingerprint density at radius 3 is 2.90 bits per heavy atom. The van der Waals surface area contributed by atoms with Crippen molar-refractivity contribution in [1.29, 1.82) is 0 Å². The minimum Gasteiger partial charge on any atom is -0.491 e. The fourth-order valence-corrected chi connectivity index (χ4v) is 2.90. The van der Waals surface area contributed by atoms with Gasteiger partial charge in [-0.2, -0.15) is 0 Å². The van der Waals surface area contributed by atoms with E-state index in [1.54, 1.807) is 0 Å². The Bertz CT molecular complexity index is 684. The van der Waals surface area contributed by atoms with E-state index < -0.39 is 0 Å². The highest BCUT2D eigenvalue weighted by Crippen LogP contribution is 2.32. The van der Waals surface area contributed by atoms with Gasteiger partial charge in [0, 0.05) is 11.0 Å². The van der Waals surface area contributed by atoms with Crippen molar-refractivity contribution in [2.75, 3.05) is 18.1 Å². The molecule has 0 spiro atoms. The van der Waals surface area contributed by atoms with E-state index in [0.29, 0.717) is 18.7 Å². The third kappa shape index (κ3) is 2.81. The summed E-state index contributed by atoms with van der Waals surface area (Å²) < 4.78 is 6.53.